The highest BCUT2D eigenvalue weighted by Gasteiger charge is 2.30. The van der Waals surface area contributed by atoms with Gasteiger partial charge in [0.25, 0.3) is 0 Å². The molecule has 1 aliphatic heterocycles. The van der Waals surface area contributed by atoms with E-state index in [0.29, 0.717) is 18.3 Å². The minimum atomic E-state index is -4.31. The molecule has 0 radical (unpaired) electrons. The van der Waals surface area contributed by atoms with E-state index in [0.717, 1.165) is 38.2 Å². The van der Waals surface area contributed by atoms with E-state index in [-0.39, 0.29) is 0 Å². The lowest BCUT2D eigenvalue weighted by Gasteiger charge is -2.14. The first-order valence-electron chi connectivity index (χ1n) is 6.48. The van der Waals surface area contributed by atoms with Crippen LogP contribution in [0.1, 0.15) is 18.9 Å². The van der Waals surface area contributed by atoms with Gasteiger partial charge >= 0.3 is 6.18 Å². The van der Waals surface area contributed by atoms with Gasteiger partial charge in [0.15, 0.2) is 0 Å². The largest absolute Gasteiger partial charge is 0.416 e. The standard InChI is InChI=1S/C13H18F3N3/c1-2-19-6-4-10(9-19)8-18-12-7-11(3-5-17-12)13(14,15)16/h3,5,7,10H,2,4,6,8-9H2,1H3,(H,17,18). The van der Waals surface area contributed by atoms with Crippen molar-refractivity contribution in [2.24, 2.45) is 5.92 Å². The molecule has 1 aliphatic rings. The summed E-state index contributed by atoms with van der Waals surface area (Å²) in [5.41, 5.74) is -0.661. The monoisotopic (exact) mass is 273 g/mol. The van der Waals surface area contributed by atoms with Crippen molar-refractivity contribution in [2.75, 3.05) is 31.5 Å². The van der Waals surface area contributed by atoms with Crippen LogP contribution in [0.3, 0.4) is 0 Å². The summed E-state index contributed by atoms with van der Waals surface area (Å²) in [7, 11) is 0. The van der Waals surface area contributed by atoms with Gasteiger partial charge in [-0.2, -0.15) is 13.2 Å². The van der Waals surface area contributed by atoms with Crippen LogP contribution >= 0.6 is 0 Å². The highest BCUT2D eigenvalue weighted by molar-refractivity contribution is 5.38. The van der Waals surface area contributed by atoms with Gasteiger partial charge in [0.1, 0.15) is 5.82 Å². The minimum absolute atomic E-state index is 0.296. The normalized spacial score (nSPS) is 20.7. The van der Waals surface area contributed by atoms with Crippen LogP contribution in [0.2, 0.25) is 0 Å². The van der Waals surface area contributed by atoms with Crippen molar-refractivity contribution in [3.05, 3.63) is 23.9 Å². The number of rotatable bonds is 4. The number of halogens is 3. The Morgan fingerprint density at radius 3 is 2.89 bits per heavy atom. The van der Waals surface area contributed by atoms with Crippen LogP contribution in [-0.2, 0) is 6.18 Å². The topological polar surface area (TPSA) is 28.2 Å². The number of alkyl halides is 3. The third-order valence-electron chi connectivity index (χ3n) is 3.48. The molecule has 106 valence electrons. The summed E-state index contributed by atoms with van der Waals surface area (Å²) < 4.78 is 37.6. The Kier molecular flexibility index (Phi) is 4.29. The molecule has 1 N–H and O–H groups in total. The van der Waals surface area contributed by atoms with Gasteiger partial charge in [-0.05, 0) is 37.6 Å². The first kappa shape index (κ1) is 14.1. The molecular formula is C13H18F3N3. The average molecular weight is 273 g/mol. The fourth-order valence-corrected chi connectivity index (χ4v) is 2.32. The Morgan fingerprint density at radius 2 is 2.26 bits per heavy atom. The zero-order valence-corrected chi connectivity index (χ0v) is 10.9. The molecule has 0 bridgehead atoms. The molecule has 0 aliphatic carbocycles. The number of hydrogen-bond donors (Lipinski definition) is 1. The van der Waals surface area contributed by atoms with E-state index in [9.17, 15) is 13.2 Å². The Bertz CT molecular complexity index is 420. The highest BCUT2D eigenvalue weighted by atomic mass is 19.4. The van der Waals surface area contributed by atoms with E-state index in [1.165, 1.54) is 6.20 Å². The molecule has 2 heterocycles. The molecule has 1 unspecified atom stereocenters. The highest BCUT2D eigenvalue weighted by Crippen LogP contribution is 2.30. The maximum absolute atomic E-state index is 12.5. The van der Waals surface area contributed by atoms with Crippen molar-refractivity contribution in [3.8, 4) is 0 Å². The number of pyridine rings is 1. The second kappa shape index (κ2) is 5.77. The molecule has 1 saturated heterocycles. The van der Waals surface area contributed by atoms with Gasteiger partial charge in [0, 0.05) is 19.3 Å². The van der Waals surface area contributed by atoms with Gasteiger partial charge in [-0.1, -0.05) is 6.92 Å². The van der Waals surface area contributed by atoms with Crippen LogP contribution in [0.5, 0.6) is 0 Å². The smallest absolute Gasteiger partial charge is 0.370 e. The first-order chi connectivity index (χ1) is 8.99. The van der Waals surface area contributed by atoms with Crippen molar-refractivity contribution >= 4 is 5.82 Å². The third kappa shape index (κ3) is 3.83. The molecular weight excluding hydrogens is 255 g/mol. The maximum atomic E-state index is 12.5. The van der Waals surface area contributed by atoms with Crippen LogP contribution in [0, 0.1) is 5.92 Å². The Morgan fingerprint density at radius 1 is 1.47 bits per heavy atom. The van der Waals surface area contributed by atoms with E-state index < -0.39 is 11.7 Å². The van der Waals surface area contributed by atoms with Crippen LogP contribution in [-0.4, -0.2) is 36.1 Å². The Labute approximate surface area is 110 Å². The maximum Gasteiger partial charge on any atom is 0.416 e. The van der Waals surface area contributed by atoms with Gasteiger partial charge < -0.3 is 10.2 Å². The van der Waals surface area contributed by atoms with Crippen LogP contribution < -0.4 is 5.32 Å². The van der Waals surface area contributed by atoms with E-state index in [1.54, 1.807) is 0 Å². The van der Waals surface area contributed by atoms with E-state index >= 15 is 0 Å². The number of nitrogens with zero attached hydrogens (tertiary/aromatic N) is 2. The summed E-state index contributed by atoms with van der Waals surface area (Å²) in [6.45, 7) is 5.88. The van der Waals surface area contributed by atoms with Gasteiger partial charge in [0.05, 0.1) is 5.56 Å². The van der Waals surface area contributed by atoms with E-state index in [1.807, 2.05) is 0 Å². The molecule has 6 heteroatoms. The zero-order valence-electron chi connectivity index (χ0n) is 10.9. The Balaban J connectivity index is 1.90. The van der Waals surface area contributed by atoms with Crippen LogP contribution in [0.15, 0.2) is 18.3 Å². The van der Waals surface area contributed by atoms with Crippen molar-refractivity contribution in [2.45, 2.75) is 19.5 Å². The summed E-state index contributed by atoms with van der Waals surface area (Å²) in [6, 6.07) is 2.05. The number of likely N-dealkylation sites (tertiary alicyclic amines) is 1. The quantitative estimate of drug-likeness (QED) is 0.914. The van der Waals surface area contributed by atoms with Gasteiger partial charge in [-0.3, -0.25) is 0 Å². The molecule has 1 fully saturated rings. The predicted octanol–water partition coefficient (Wildman–Crippen LogP) is 2.85. The lowest BCUT2D eigenvalue weighted by atomic mass is 10.1. The van der Waals surface area contributed by atoms with Crippen LogP contribution in [0.4, 0.5) is 19.0 Å². The average Bonchev–Trinajstić information content (AvgIpc) is 2.84. The molecule has 2 rings (SSSR count). The summed E-state index contributed by atoms with van der Waals surface area (Å²) in [4.78, 5) is 6.27. The van der Waals surface area contributed by atoms with E-state index in [4.69, 9.17) is 0 Å². The lowest BCUT2D eigenvalue weighted by molar-refractivity contribution is -0.137. The van der Waals surface area contributed by atoms with Crippen molar-refractivity contribution in [1.29, 1.82) is 0 Å². The van der Waals surface area contributed by atoms with Gasteiger partial charge in [-0.15, -0.1) is 0 Å². The van der Waals surface area contributed by atoms with Crippen molar-refractivity contribution in [1.82, 2.24) is 9.88 Å². The molecule has 1 aromatic heterocycles. The predicted molar refractivity (Wildman–Crippen MR) is 67.9 cm³/mol. The minimum Gasteiger partial charge on any atom is -0.370 e. The second-order valence-corrected chi connectivity index (χ2v) is 4.86. The molecule has 1 aromatic rings. The van der Waals surface area contributed by atoms with Crippen molar-refractivity contribution < 1.29 is 13.2 Å². The summed E-state index contributed by atoms with van der Waals surface area (Å²) in [6.07, 6.45) is -2.04. The first-order valence-corrected chi connectivity index (χ1v) is 6.48. The molecule has 0 amide bonds. The number of nitrogens with one attached hydrogen (secondary N) is 1. The van der Waals surface area contributed by atoms with E-state index in [2.05, 4.69) is 22.1 Å². The molecule has 0 aromatic carbocycles. The number of aromatic nitrogens is 1. The molecule has 1 atom stereocenters. The summed E-state index contributed by atoms with van der Waals surface area (Å²) >= 11 is 0. The fraction of sp³-hybridized carbons (Fsp3) is 0.615. The van der Waals surface area contributed by atoms with Crippen LogP contribution in [0.25, 0.3) is 0 Å². The SMILES string of the molecule is CCN1CCC(CNc2cc(C(F)(F)F)ccn2)C1. The summed E-state index contributed by atoms with van der Waals surface area (Å²) in [5.74, 6) is 0.779. The molecule has 19 heavy (non-hydrogen) atoms. The van der Waals surface area contributed by atoms with Crippen molar-refractivity contribution in [3.63, 3.8) is 0 Å². The number of anilines is 1. The molecule has 0 spiro atoms. The third-order valence-corrected chi connectivity index (χ3v) is 3.48. The van der Waals surface area contributed by atoms with Gasteiger partial charge in [-0.25, -0.2) is 4.98 Å². The number of hydrogen-bond acceptors (Lipinski definition) is 3. The lowest BCUT2D eigenvalue weighted by Crippen LogP contribution is -2.22. The summed E-state index contributed by atoms with van der Waals surface area (Å²) in [5, 5.41) is 3.01. The second-order valence-electron chi connectivity index (χ2n) is 4.86. The fourth-order valence-electron chi connectivity index (χ4n) is 2.32. The molecule has 0 saturated carbocycles. The zero-order chi connectivity index (χ0) is 13.9. The van der Waals surface area contributed by atoms with Gasteiger partial charge in [0.2, 0.25) is 0 Å². The molecule has 3 nitrogen and oxygen atoms in total. The Hall–Kier alpha value is -1.30.